The lowest BCUT2D eigenvalue weighted by Crippen LogP contribution is -2.39. The van der Waals surface area contributed by atoms with Gasteiger partial charge in [-0.15, -0.1) is 0 Å². The van der Waals surface area contributed by atoms with Gasteiger partial charge in [-0.05, 0) is 30.3 Å². The van der Waals surface area contributed by atoms with Crippen LogP contribution in [0.5, 0.6) is 0 Å². The largest absolute Gasteiger partial charge is 0.342 e. The molecule has 0 aliphatic carbocycles. The molecule has 3 aromatic rings. The van der Waals surface area contributed by atoms with Crippen LogP contribution in [-0.4, -0.2) is 43.2 Å². The molecule has 0 saturated carbocycles. The highest BCUT2D eigenvalue weighted by molar-refractivity contribution is 7.05. The second kappa shape index (κ2) is 8.35. The minimum Gasteiger partial charge on any atom is -0.342 e. The van der Waals surface area contributed by atoms with Crippen molar-refractivity contribution in [2.45, 2.75) is 25.7 Å². The molecule has 7 heteroatoms. The Morgan fingerprint density at radius 1 is 1.15 bits per heavy atom. The second-order valence-corrected chi connectivity index (χ2v) is 7.62. The van der Waals surface area contributed by atoms with Crippen LogP contribution in [-0.2, 0) is 17.6 Å². The van der Waals surface area contributed by atoms with Crippen molar-refractivity contribution in [2.24, 2.45) is 5.92 Å². The van der Waals surface area contributed by atoms with E-state index in [-0.39, 0.29) is 5.91 Å². The van der Waals surface area contributed by atoms with Gasteiger partial charge in [-0.3, -0.25) is 14.8 Å². The SMILES string of the molecule is O=C(Cc1cnccn1)N1CCC(Cc2nc(-c3ccccc3)ns2)CC1. The summed E-state index contributed by atoms with van der Waals surface area (Å²) >= 11 is 1.49. The van der Waals surface area contributed by atoms with E-state index in [2.05, 4.69) is 14.3 Å². The zero-order valence-electron chi connectivity index (χ0n) is 15.0. The molecule has 0 spiro atoms. The van der Waals surface area contributed by atoms with Crippen molar-refractivity contribution in [1.82, 2.24) is 24.2 Å². The number of piperidine rings is 1. The highest BCUT2D eigenvalue weighted by Crippen LogP contribution is 2.25. The zero-order chi connectivity index (χ0) is 18.5. The Morgan fingerprint density at radius 3 is 2.70 bits per heavy atom. The fourth-order valence-corrected chi connectivity index (χ4v) is 4.14. The molecule has 4 rings (SSSR count). The number of aromatic nitrogens is 4. The Labute approximate surface area is 162 Å². The molecule has 0 bridgehead atoms. The molecule has 6 nitrogen and oxygen atoms in total. The summed E-state index contributed by atoms with van der Waals surface area (Å²) in [6, 6.07) is 10.1. The monoisotopic (exact) mass is 379 g/mol. The van der Waals surface area contributed by atoms with Gasteiger partial charge >= 0.3 is 0 Å². The van der Waals surface area contributed by atoms with Crippen molar-refractivity contribution in [1.29, 1.82) is 0 Å². The topological polar surface area (TPSA) is 71.9 Å². The summed E-state index contributed by atoms with van der Waals surface area (Å²) in [7, 11) is 0. The van der Waals surface area contributed by atoms with E-state index in [9.17, 15) is 4.79 Å². The van der Waals surface area contributed by atoms with Gasteiger partial charge in [-0.1, -0.05) is 30.3 Å². The van der Waals surface area contributed by atoms with E-state index >= 15 is 0 Å². The van der Waals surface area contributed by atoms with E-state index in [1.165, 1.54) is 11.5 Å². The van der Waals surface area contributed by atoms with Crippen molar-refractivity contribution in [2.75, 3.05) is 13.1 Å². The normalized spacial score (nSPS) is 15.0. The number of hydrogen-bond acceptors (Lipinski definition) is 6. The molecule has 2 aromatic heterocycles. The lowest BCUT2D eigenvalue weighted by molar-refractivity contribution is -0.131. The Kier molecular flexibility index (Phi) is 5.48. The van der Waals surface area contributed by atoms with Gasteiger partial charge in [0.2, 0.25) is 5.91 Å². The molecule has 138 valence electrons. The molecular formula is C20H21N5OS. The van der Waals surface area contributed by atoms with E-state index in [1.54, 1.807) is 18.6 Å². The van der Waals surface area contributed by atoms with Gasteiger partial charge in [0.15, 0.2) is 5.82 Å². The first-order valence-electron chi connectivity index (χ1n) is 9.18. The molecule has 27 heavy (non-hydrogen) atoms. The van der Waals surface area contributed by atoms with Crippen molar-refractivity contribution in [3.05, 3.63) is 59.6 Å². The molecule has 1 aliphatic rings. The smallest absolute Gasteiger partial charge is 0.228 e. The molecule has 1 saturated heterocycles. The maximum absolute atomic E-state index is 12.4. The highest BCUT2D eigenvalue weighted by Gasteiger charge is 2.24. The molecule has 3 heterocycles. The fraction of sp³-hybridized carbons (Fsp3) is 0.350. The predicted octanol–water partition coefficient (Wildman–Crippen LogP) is 3.02. The number of nitrogens with zero attached hydrogens (tertiary/aromatic N) is 5. The molecule has 0 atom stereocenters. The zero-order valence-corrected chi connectivity index (χ0v) is 15.8. The number of hydrogen-bond donors (Lipinski definition) is 0. The van der Waals surface area contributed by atoms with Crippen molar-refractivity contribution in [3.8, 4) is 11.4 Å². The Balaban J connectivity index is 1.28. The van der Waals surface area contributed by atoms with Crippen LogP contribution in [0.3, 0.4) is 0 Å². The average molecular weight is 379 g/mol. The highest BCUT2D eigenvalue weighted by atomic mass is 32.1. The summed E-state index contributed by atoms with van der Waals surface area (Å²) < 4.78 is 4.50. The van der Waals surface area contributed by atoms with E-state index in [4.69, 9.17) is 4.98 Å². The van der Waals surface area contributed by atoms with Crippen LogP contribution in [0.4, 0.5) is 0 Å². The van der Waals surface area contributed by atoms with Crippen LogP contribution in [0, 0.1) is 5.92 Å². The molecular weight excluding hydrogens is 358 g/mol. The average Bonchev–Trinajstić information content (AvgIpc) is 3.18. The number of rotatable bonds is 5. The lowest BCUT2D eigenvalue weighted by Gasteiger charge is -2.31. The summed E-state index contributed by atoms with van der Waals surface area (Å²) in [6.45, 7) is 1.60. The third-order valence-electron chi connectivity index (χ3n) is 4.88. The van der Waals surface area contributed by atoms with Gasteiger partial charge in [-0.25, -0.2) is 4.98 Å². The minimum atomic E-state index is 0.135. The van der Waals surface area contributed by atoms with Gasteiger partial charge in [-0.2, -0.15) is 4.37 Å². The van der Waals surface area contributed by atoms with Crippen LogP contribution < -0.4 is 0 Å². The van der Waals surface area contributed by atoms with Crippen LogP contribution in [0.15, 0.2) is 48.9 Å². The van der Waals surface area contributed by atoms with Gasteiger partial charge in [0, 0.05) is 43.7 Å². The molecule has 1 amide bonds. The molecule has 1 aromatic carbocycles. The van der Waals surface area contributed by atoms with Gasteiger partial charge in [0.1, 0.15) is 5.01 Å². The Hall–Kier alpha value is -2.67. The molecule has 1 aliphatic heterocycles. The van der Waals surface area contributed by atoms with E-state index in [0.717, 1.165) is 54.4 Å². The number of carbonyl (C=O) groups excluding carboxylic acids is 1. The van der Waals surface area contributed by atoms with E-state index in [1.807, 2.05) is 35.2 Å². The molecule has 1 fully saturated rings. The van der Waals surface area contributed by atoms with Gasteiger partial charge in [0.05, 0.1) is 12.1 Å². The van der Waals surface area contributed by atoms with Crippen molar-refractivity contribution >= 4 is 17.4 Å². The number of benzene rings is 1. The summed E-state index contributed by atoms with van der Waals surface area (Å²) in [5.41, 5.74) is 1.79. The fourth-order valence-electron chi connectivity index (χ4n) is 3.36. The van der Waals surface area contributed by atoms with Gasteiger partial charge in [0.25, 0.3) is 0 Å². The van der Waals surface area contributed by atoms with Crippen LogP contribution >= 0.6 is 11.5 Å². The number of likely N-dealkylation sites (tertiary alicyclic amines) is 1. The first-order valence-corrected chi connectivity index (χ1v) is 9.96. The third kappa shape index (κ3) is 4.54. The summed E-state index contributed by atoms with van der Waals surface area (Å²) in [4.78, 5) is 27.3. The summed E-state index contributed by atoms with van der Waals surface area (Å²) in [5, 5.41) is 1.08. The van der Waals surface area contributed by atoms with Crippen molar-refractivity contribution in [3.63, 3.8) is 0 Å². The maximum atomic E-state index is 12.4. The quantitative estimate of drug-likeness (QED) is 0.681. The van der Waals surface area contributed by atoms with E-state index < -0.39 is 0 Å². The number of carbonyl (C=O) groups is 1. The molecule has 0 unspecified atom stereocenters. The first-order chi connectivity index (χ1) is 13.3. The molecule has 0 radical (unpaired) electrons. The Morgan fingerprint density at radius 2 is 1.96 bits per heavy atom. The Bertz CT molecular complexity index is 876. The first kappa shape index (κ1) is 17.7. The standard InChI is InChI=1S/C20H21N5OS/c26-19(13-17-14-21-8-9-22-17)25-10-6-15(7-11-25)12-18-23-20(24-27-18)16-4-2-1-3-5-16/h1-5,8-9,14-15H,6-7,10-13H2. The van der Waals surface area contributed by atoms with Gasteiger partial charge < -0.3 is 4.90 Å². The van der Waals surface area contributed by atoms with Crippen LogP contribution in [0.25, 0.3) is 11.4 Å². The van der Waals surface area contributed by atoms with E-state index in [0.29, 0.717) is 12.3 Å². The number of amides is 1. The molecule has 0 N–H and O–H groups in total. The van der Waals surface area contributed by atoms with Crippen molar-refractivity contribution < 1.29 is 4.79 Å². The lowest BCUT2D eigenvalue weighted by atomic mass is 9.93. The van der Waals surface area contributed by atoms with Crippen LogP contribution in [0.2, 0.25) is 0 Å². The second-order valence-electron chi connectivity index (χ2n) is 6.78. The third-order valence-corrected chi connectivity index (χ3v) is 5.61. The predicted molar refractivity (Wildman–Crippen MR) is 104 cm³/mol. The minimum absolute atomic E-state index is 0.135. The van der Waals surface area contributed by atoms with Crippen LogP contribution in [0.1, 0.15) is 23.5 Å². The maximum Gasteiger partial charge on any atom is 0.228 e. The summed E-state index contributed by atoms with van der Waals surface area (Å²) in [5.74, 6) is 1.51. The summed E-state index contributed by atoms with van der Waals surface area (Å²) in [6.07, 6.45) is 8.19.